The lowest BCUT2D eigenvalue weighted by Crippen LogP contribution is -2.18. The maximum Gasteiger partial charge on any atom is 0.328 e. The number of carboxylic acid groups (broad SMARTS) is 2. The van der Waals surface area contributed by atoms with Gasteiger partial charge >= 0.3 is 11.9 Å². The van der Waals surface area contributed by atoms with E-state index < -0.39 is 11.9 Å². The minimum Gasteiger partial charge on any atom is -0.493 e. The molecule has 2 heterocycles. The Labute approximate surface area is 236 Å². The number of para-hydroxylation sites is 1. The summed E-state index contributed by atoms with van der Waals surface area (Å²) in [5.41, 5.74) is 2.33. The van der Waals surface area contributed by atoms with Crippen LogP contribution in [0.3, 0.4) is 0 Å². The van der Waals surface area contributed by atoms with Gasteiger partial charge in [-0.1, -0.05) is 36.4 Å². The van der Waals surface area contributed by atoms with Crippen LogP contribution in [-0.4, -0.2) is 62.7 Å². The molecule has 10 heteroatoms. The molecule has 3 aromatic carbocycles. The Balaban J connectivity index is 0.000000406. The van der Waals surface area contributed by atoms with Crippen LogP contribution < -0.4 is 4.74 Å². The summed E-state index contributed by atoms with van der Waals surface area (Å²) in [5, 5.41) is 26.5. The normalized spacial score (nSPS) is 13.3. The number of rotatable bonds is 11. The van der Waals surface area contributed by atoms with Gasteiger partial charge < -0.3 is 19.4 Å². The maximum absolute atomic E-state index is 9.55. The largest absolute Gasteiger partial charge is 0.493 e. The summed E-state index contributed by atoms with van der Waals surface area (Å²) >= 11 is 1.73. The minimum absolute atomic E-state index is 0.558. The third kappa shape index (κ3) is 9.25. The highest BCUT2D eigenvalue weighted by molar-refractivity contribution is 7.98. The van der Waals surface area contributed by atoms with Crippen molar-refractivity contribution >= 4 is 34.5 Å². The molecule has 1 aliphatic heterocycles. The van der Waals surface area contributed by atoms with E-state index in [0.29, 0.717) is 36.3 Å². The highest BCUT2D eigenvalue weighted by atomic mass is 32.2. The van der Waals surface area contributed by atoms with Gasteiger partial charge in [-0.25, -0.2) is 9.59 Å². The zero-order chi connectivity index (χ0) is 28.2. The maximum atomic E-state index is 9.55. The lowest BCUT2D eigenvalue weighted by Gasteiger charge is -2.15. The fraction of sp³-hybridized carbons (Fsp3) is 0.267. The van der Waals surface area contributed by atoms with Crippen molar-refractivity contribution in [1.29, 1.82) is 0 Å². The van der Waals surface area contributed by atoms with E-state index in [0.717, 1.165) is 23.6 Å². The molecule has 0 amide bonds. The van der Waals surface area contributed by atoms with E-state index in [1.165, 1.54) is 42.3 Å². The second kappa shape index (κ2) is 14.9. The molecule has 40 heavy (non-hydrogen) atoms. The summed E-state index contributed by atoms with van der Waals surface area (Å²) in [6, 6.07) is 22.9. The number of carbonyl (C=O) groups is 2. The first-order chi connectivity index (χ1) is 19.5. The number of aromatic nitrogens is 2. The van der Waals surface area contributed by atoms with E-state index >= 15 is 0 Å². The number of hydrogen-bond acceptors (Lipinski definition) is 8. The molecule has 0 saturated carbocycles. The molecule has 5 rings (SSSR count). The molecular formula is C30H31N3O6S. The van der Waals surface area contributed by atoms with Crippen molar-refractivity contribution in [3.63, 3.8) is 0 Å². The summed E-state index contributed by atoms with van der Waals surface area (Å²) in [7, 11) is 0. The summed E-state index contributed by atoms with van der Waals surface area (Å²) in [5.74, 6) is 1.14. The SMILES string of the molecule is O=C(O)/C=C\C(=O)O.c1ccc(OCCSCc2nnc(-c3ccc4cc(CN5CCCC5)ccc4c3)o2)cc1. The molecule has 0 aliphatic carbocycles. The van der Waals surface area contributed by atoms with Gasteiger partial charge in [0.05, 0.1) is 12.4 Å². The topological polar surface area (TPSA) is 126 Å². The number of likely N-dealkylation sites (tertiary alicyclic amines) is 1. The van der Waals surface area contributed by atoms with Gasteiger partial charge in [-0.2, -0.15) is 0 Å². The number of thioether (sulfide) groups is 1. The Bertz CT molecular complexity index is 1420. The molecule has 1 saturated heterocycles. The molecule has 1 fully saturated rings. The second-order valence-electron chi connectivity index (χ2n) is 9.10. The molecule has 9 nitrogen and oxygen atoms in total. The first kappa shape index (κ1) is 28.8. The smallest absolute Gasteiger partial charge is 0.328 e. The zero-order valence-corrected chi connectivity index (χ0v) is 22.8. The van der Waals surface area contributed by atoms with Crippen LogP contribution in [0.1, 0.15) is 24.3 Å². The van der Waals surface area contributed by atoms with Crippen molar-refractivity contribution < 1.29 is 29.0 Å². The highest BCUT2D eigenvalue weighted by Crippen LogP contribution is 2.26. The third-order valence-electron chi connectivity index (χ3n) is 6.06. The lowest BCUT2D eigenvalue weighted by molar-refractivity contribution is -0.134. The van der Waals surface area contributed by atoms with Crippen LogP contribution in [0.4, 0.5) is 0 Å². The van der Waals surface area contributed by atoms with Crippen LogP contribution in [0.2, 0.25) is 0 Å². The van der Waals surface area contributed by atoms with Gasteiger partial charge in [-0.05, 0) is 72.6 Å². The Morgan fingerprint density at radius 3 is 2.35 bits per heavy atom. The number of carboxylic acids is 2. The number of benzene rings is 3. The monoisotopic (exact) mass is 561 g/mol. The Kier molecular flexibility index (Phi) is 10.7. The molecule has 0 spiro atoms. The van der Waals surface area contributed by atoms with Gasteiger partial charge in [0, 0.05) is 30.0 Å². The predicted molar refractivity (Wildman–Crippen MR) is 154 cm³/mol. The van der Waals surface area contributed by atoms with Crippen LogP contribution in [-0.2, 0) is 21.9 Å². The van der Waals surface area contributed by atoms with Gasteiger partial charge in [-0.3, -0.25) is 4.90 Å². The summed E-state index contributed by atoms with van der Waals surface area (Å²) < 4.78 is 11.6. The molecule has 0 unspecified atom stereocenters. The van der Waals surface area contributed by atoms with Crippen molar-refractivity contribution in [3.8, 4) is 17.2 Å². The van der Waals surface area contributed by atoms with Crippen molar-refractivity contribution in [1.82, 2.24) is 15.1 Å². The summed E-state index contributed by atoms with van der Waals surface area (Å²) in [4.78, 5) is 21.6. The van der Waals surface area contributed by atoms with Crippen molar-refractivity contribution in [3.05, 3.63) is 90.3 Å². The van der Waals surface area contributed by atoms with E-state index in [9.17, 15) is 9.59 Å². The van der Waals surface area contributed by atoms with Crippen molar-refractivity contribution in [2.24, 2.45) is 0 Å². The lowest BCUT2D eigenvalue weighted by atomic mass is 10.0. The summed E-state index contributed by atoms with van der Waals surface area (Å²) in [6.07, 6.45) is 3.76. The minimum atomic E-state index is -1.26. The van der Waals surface area contributed by atoms with Crippen LogP contribution >= 0.6 is 11.8 Å². The fourth-order valence-corrected chi connectivity index (χ4v) is 4.83. The van der Waals surface area contributed by atoms with E-state index in [-0.39, 0.29) is 0 Å². The van der Waals surface area contributed by atoms with Gasteiger partial charge in [0.25, 0.3) is 0 Å². The molecule has 208 valence electrons. The predicted octanol–water partition coefficient (Wildman–Crippen LogP) is 5.51. The first-order valence-corrected chi connectivity index (χ1v) is 14.1. The third-order valence-corrected chi connectivity index (χ3v) is 6.96. The van der Waals surface area contributed by atoms with Gasteiger partial charge in [0.1, 0.15) is 5.75 Å². The van der Waals surface area contributed by atoms with Crippen LogP contribution in [0.15, 0.2) is 83.3 Å². The first-order valence-electron chi connectivity index (χ1n) is 12.9. The van der Waals surface area contributed by atoms with E-state index in [4.69, 9.17) is 19.4 Å². The Hall–Kier alpha value is -4.15. The molecule has 4 aromatic rings. The van der Waals surface area contributed by atoms with Crippen LogP contribution in [0, 0.1) is 0 Å². The van der Waals surface area contributed by atoms with E-state index in [2.05, 4.69) is 51.5 Å². The molecule has 2 N–H and O–H groups in total. The Morgan fingerprint density at radius 1 is 0.925 bits per heavy atom. The molecule has 0 bridgehead atoms. The van der Waals surface area contributed by atoms with Crippen LogP contribution in [0.5, 0.6) is 5.75 Å². The fourth-order valence-electron chi connectivity index (χ4n) is 4.19. The van der Waals surface area contributed by atoms with E-state index in [1.807, 2.05) is 30.3 Å². The number of aliphatic carboxylic acids is 2. The molecular weight excluding hydrogens is 530 g/mol. The van der Waals surface area contributed by atoms with Crippen LogP contribution in [0.25, 0.3) is 22.2 Å². The molecule has 0 atom stereocenters. The summed E-state index contributed by atoms with van der Waals surface area (Å²) in [6.45, 7) is 4.13. The van der Waals surface area contributed by atoms with Gasteiger partial charge in [0.2, 0.25) is 11.8 Å². The van der Waals surface area contributed by atoms with Gasteiger partial charge in [0.15, 0.2) is 0 Å². The quantitative estimate of drug-likeness (QED) is 0.179. The average molecular weight is 562 g/mol. The zero-order valence-electron chi connectivity index (χ0n) is 21.9. The number of ether oxygens (including phenoxy) is 1. The standard InChI is InChI=1S/C26H27N3O2S.C4H4O4/c1-2-6-24(7-3-1)30-14-15-32-19-25-27-28-26(31-25)23-11-10-21-16-20(8-9-22(21)17-23)18-29-12-4-5-13-29;5-3(6)1-2-4(7)8/h1-3,6-11,16-17H,4-5,12-15,18-19H2;1-2H,(H,5,6)(H,7,8)/b;2-1-. The molecule has 1 aromatic heterocycles. The van der Waals surface area contributed by atoms with E-state index in [1.54, 1.807) is 11.8 Å². The molecule has 1 aliphatic rings. The van der Waals surface area contributed by atoms with Crippen molar-refractivity contribution in [2.75, 3.05) is 25.4 Å². The highest BCUT2D eigenvalue weighted by Gasteiger charge is 2.13. The average Bonchev–Trinajstić information content (AvgIpc) is 3.65. The van der Waals surface area contributed by atoms with Crippen molar-refractivity contribution in [2.45, 2.75) is 25.1 Å². The Morgan fingerprint density at radius 2 is 1.62 bits per heavy atom. The second-order valence-corrected chi connectivity index (χ2v) is 10.2. The number of nitrogens with zero attached hydrogens (tertiary/aromatic N) is 3. The number of fused-ring (bicyclic) bond motifs is 1. The van der Waals surface area contributed by atoms with Gasteiger partial charge in [-0.15, -0.1) is 22.0 Å². The molecule has 0 radical (unpaired) electrons. The number of hydrogen-bond donors (Lipinski definition) is 2.